The van der Waals surface area contributed by atoms with Crippen LogP contribution in [0.2, 0.25) is 0 Å². The van der Waals surface area contributed by atoms with Gasteiger partial charge in [0.15, 0.2) is 5.56 Å². The summed E-state index contributed by atoms with van der Waals surface area (Å²) in [4.78, 5) is 23.7. The lowest BCUT2D eigenvalue weighted by Gasteiger charge is -2.18. The molecule has 1 aromatic heterocycles. The predicted molar refractivity (Wildman–Crippen MR) is 79.1 cm³/mol. The van der Waals surface area contributed by atoms with Crippen molar-refractivity contribution in [2.24, 2.45) is 14.1 Å². The van der Waals surface area contributed by atoms with E-state index in [1.165, 1.54) is 14.1 Å². The Bertz CT molecular complexity index is 798. The Balaban J connectivity index is 3.18. The molecule has 0 aliphatic heterocycles. The van der Waals surface area contributed by atoms with Crippen molar-refractivity contribution in [1.82, 2.24) is 9.13 Å². The van der Waals surface area contributed by atoms with Crippen LogP contribution in [0.15, 0.2) is 9.59 Å². The second-order valence-corrected chi connectivity index (χ2v) is 7.26. The lowest BCUT2D eigenvalue weighted by atomic mass is 10.2. The van der Waals surface area contributed by atoms with E-state index in [1.54, 1.807) is 13.0 Å². The van der Waals surface area contributed by atoms with Crippen molar-refractivity contribution in [2.75, 3.05) is 17.3 Å². The molecule has 0 aromatic carbocycles. The number of hydrogen-bond donors (Lipinski definition) is 1. The van der Waals surface area contributed by atoms with Gasteiger partial charge in [-0.3, -0.25) is 13.9 Å². The Kier molecular flexibility index (Phi) is 4.96. The van der Waals surface area contributed by atoms with Gasteiger partial charge in [-0.1, -0.05) is 0 Å². The predicted octanol–water partition coefficient (Wildman–Crippen LogP) is -0.809. The van der Waals surface area contributed by atoms with E-state index in [4.69, 9.17) is 5.26 Å². The van der Waals surface area contributed by atoms with Crippen LogP contribution in [-0.2, 0) is 23.9 Å². The molecule has 0 aliphatic carbocycles. The summed E-state index contributed by atoms with van der Waals surface area (Å²) >= 11 is 0. The summed E-state index contributed by atoms with van der Waals surface area (Å²) < 4.78 is 24.3. The summed E-state index contributed by atoms with van der Waals surface area (Å²) in [5.74, 6) is 0.0774. The van der Waals surface area contributed by atoms with Crippen molar-refractivity contribution < 1.29 is 8.42 Å². The largest absolute Gasteiger partial charge is 0.368 e. The highest BCUT2D eigenvalue weighted by Crippen LogP contribution is 2.10. The Labute approximate surface area is 122 Å². The molecular formula is C12H18N4O4S. The number of nitrogens with one attached hydrogen (secondary N) is 1. The van der Waals surface area contributed by atoms with Gasteiger partial charge in [0.05, 0.1) is 5.75 Å². The number of hydrogen-bond acceptors (Lipinski definition) is 6. The molecule has 0 saturated carbocycles. The van der Waals surface area contributed by atoms with Crippen molar-refractivity contribution in [1.29, 1.82) is 5.26 Å². The minimum Gasteiger partial charge on any atom is -0.368 e. The van der Waals surface area contributed by atoms with Crippen molar-refractivity contribution in [3.63, 3.8) is 0 Å². The SMILES string of the molecule is CC(CCS(C)(=O)=O)Nc1c(C#N)c(=O)n(C)c(=O)n1C. The van der Waals surface area contributed by atoms with E-state index in [-0.39, 0.29) is 23.2 Å². The van der Waals surface area contributed by atoms with Crippen LogP contribution in [0.4, 0.5) is 5.82 Å². The van der Waals surface area contributed by atoms with Gasteiger partial charge in [-0.25, -0.2) is 13.2 Å². The molecule has 1 rings (SSSR count). The van der Waals surface area contributed by atoms with E-state index < -0.39 is 21.1 Å². The summed E-state index contributed by atoms with van der Waals surface area (Å²) in [5, 5.41) is 12.0. The second-order valence-electron chi connectivity index (χ2n) is 5.01. The average Bonchev–Trinajstić information content (AvgIpc) is 2.40. The van der Waals surface area contributed by atoms with Crippen molar-refractivity contribution >= 4 is 15.7 Å². The molecule has 21 heavy (non-hydrogen) atoms. The molecule has 0 fully saturated rings. The van der Waals surface area contributed by atoms with Crippen molar-refractivity contribution in [3.8, 4) is 6.07 Å². The number of sulfone groups is 1. The van der Waals surface area contributed by atoms with E-state index in [0.717, 1.165) is 15.4 Å². The van der Waals surface area contributed by atoms with Crippen molar-refractivity contribution in [3.05, 3.63) is 26.4 Å². The van der Waals surface area contributed by atoms with Crippen LogP contribution in [0, 0.1) is 11.3 Å². The van der Waals surface area contributed by atoms with Gasteiger partial charge >= 0.3 is 5.69 Å². The molecule has 1 atom stereocenters. The van der Waals surface area contributed by atoms with E-state index in [1.807, 2.05) is 0 Å². The first-order valence-electron chi connectivity index (χ1n) is 6.23. The number of anilines is 1. The Morgan fingerprint density at radius 2 is 1.86 bits per heavy atom. The summed E-state index contributed by atoms with van der Waals surface area (Å²) in [6.45, 7) is 1.72. The molecule has 1 aromatic rings. The lowest BCUT2D eigenvalue weighted by molar-refractivity contribution is 0.595. The molecule has 116 valence electrons. The number of rotatable bonds is 5. The molecule has 1 heterocycles. The molecule has 0 aliphatic rings. The Hall–Kier alpha value is -2.08. The van der Waals surface area contributed by atoms with E-state index in [2.05, 4.69) is 5.32 Å². The average molecular weight is 314 g/mol. The summed E-state index contributed by atoms with van der Waals surface area (Å²) in [7, 11) is -0.367. The van der Waals surface area contributed by atoms with E-state index >= 15 is 0 Å². The maximum absolute atomic E-state index is 11.9. The molecule has 0 bridgehead atoms. The van der Waals surface area contributed by atoms with Crippen LogP contribution < -0.4 is 16.6 Å². The fraction of sp³-hybridized carbons (Fsp3) is 0.583. The van der Waals surface area contributed by atoms with Crippen LogP contribution in [0.1, 0.15) is 18.9 Å². The molecule has 8 nitrogen and oxygen atoms in total. The number of nitriles is 1. The van der Waals surface area contributed by atoms with Gasteiger partial charge in [-0.2, -0.15) is 5.26 Å². The lowest BCUT2D eigenvalue weighted by Crippen LogP contribution is -2.40. The van der Waals surface area contributed by atoms with Gasteiger partial charge in [0.1, 0.15) is 21.7 Å². The summed E-state index contributed by atoms with van der Waals surface area (Å²) in [5.41, 5.74) is -1.42. The van der Waals surface area contributed by atoms with Crippen LogP contribution in [0.25, 0.3) is 0 Å². The van der Waals surface area contributed by atoms with Crippen LogP contribution >= 0.6 is 0 Å². The van der Waals surface area contributed by atoms with E-state index in [0.29, 0.717) is 6.42 Å². The number of aromatic nitrogens is 2. The third-order valence-corrected chi connectivity index (χ3v) is 4.06. The van der Waals surface area contributed by atoms with Crippen LogP contribution in [0.3, 0.4) is 0 Å². The zero-order valence-corrected chi connectivity index (χ0v) is 13.2. The van der Waals surface area contributed by atoms with Gasteiger partial charge in [0.25, 0.3) is 5.56 Å². The van der Waals surface area contributed by atoms with Crippen molar-refractivity contribution in [2.45, 2.75) is 19.4 Å². The van der Waals surface area contributed by atoms with Gasteiger partial charge < -0.3 is 5.32 Å². The molecular weight excluding hydrogens is 296 g/mol. The fourth-order valence-corrected chi connectivity index (χ4v) is 2.59. The third kappa shape index (κ3) is 3.95. The first-order valence-corrected chi connectivity index (χ1v) is 8.29. The molecule has 0 amide bonds. The highest BCUT2D eigenvalue weighted by molar-refractivity contribution is 7.90. The zero-order valence-electron chi connectivity index (χ0n) is 12.4. The zero-order chi connectivity index (χ0) is 16.4. The topological polar surface area (TPSA) is 114 Å². The highest BCUT2D eigenvalue weighted by Gasteiger charge is 2.17. The summed E-state index contributed by atoms with van der Waals surface area (Å²) in [6, 6.07) is 1.46. The smallest absolute Gasteiger partial charge is 0.332 e. The van der Waals surface area contributed by atoms with Gasteiger partial charge in [-0.05, 0) is 13.3 Å². The van der Waals surface area contributed by atoms with Crippen LogP contribution in [0.5, 0.6) is 0 Å². The minimum atomic E-state index is -3.10. The monoisotopic (exact) mass is 314 g/mol. The normalized spacial score (nSPS) is 12.7. The molecule has 1 unspecified atom stereocenters. The first-order chi connectivity index (χ1) is 9.58. The third-order valence-electron chi connectivity index (χ3n) is 3.08. The molecule has 0 spiro atoms. The van der Waals surface area contributed by atoms with Crippen LogP contribution in [-0.4, -0.2) is 35.6 Å². The number of nitrogens with zero attached hydrogens (tertiary/aromatic N) is 3. The molecule has 9 heteroatoms. The quantitative estimate of drug-likeness (QED) is 0.760. The maximum atomic E-state index is 11.9. The molecule has 0 saturated heterocycles. The molecule has 1 N–H and O–H groups in total. The minimum absolute atomic E-state index is 0.0259. The Morgan fingerprint density at radius 3 is 2.33 bits per heavy atom. The van der Waals surface area contributed by atoms with E-state index in [9.17, 15) is 18.0 Å². The standard InChI is InChI=1S/C12H18N4O4S/c1-8(5-6-21(4,19)20)14-10-9(7-13)11(17)16(3)12(18)15(10)2/h8,14H,5-6H2,1-4H3. The van der Waals surface area contributed by atoms with Gasteiger partial charge in [0, 0.05) is 26.4 Å². The highest BCUT2D eigenvalue weighted by atomic mass is 32.2. The maximum Gasteiger partial charge on any atom is 0.332 e. The second kappa shape index (κ2) is 6.13. The summed E-state index contributed by atoms with van der Waals surface area (Å²) in [6.07, 6.45) is 1.43. The van der Waals surface area contributed by atoms with Gasteiger partial charge in [-0.15, -0.1) is 0 Å². The van der Waals surface area contributed by atoms with Gasteiger partial charge in [0.2, 0.25) is 0 Å². The fourth-order valence-electron chi connectivity index (χ4n) is 1.81. The molecule has 0 radical (unpaired) electrons. The Morgan fingerprint density at radius 1 is 1.29 bits per heavy atom. The first kappa shape index (κ1) is 17.0.